The van der Waals surface area contributed by atoms with Crippen molar-refractivity contribution in [1.82, 2.24) is 29.5 Å². The van der Waals surface area contributed by atoms with Gasteiger partial charge < -0.3 is 25.2 Å². The largest absolute Gasteiger partial charge is 0.479 e. The average molecular weight is 602 g/mol. The predicted octanol–water partition coefficient (Wildman–Crippen LogP) is 3.15. The number of anilines is 5. The van der Waals surface area contributed by atoms with Gasteiger partial charge in [-0.3, -0.25) is 4.90 Å². The molecule has 0 spiro atoms. The fraction of sp³-hybridized carbons (Fsp3) is 0.444. The van der Waals surface area contributed by atoms with E-state index >= 15 is 0 Å². The minimum Gasteiger partial charge on any atom is -0.479 e. The van der Waals surface area contributed by atoms with Crippen molar-refractivity contribution in [2.45, 2.75) is 23.8 Å². The summed E-state index contributed by atoms with van der Waals surface area (Å²) in [5, 5.41) is 6.39. The van der Waals surface area contributed by atoms with E-state index in [4.69, 9.17) is 21.3 Å². The van der Waals surface area contributed by atoms with Gasteiger partial charge in [-0.25, -0.2) is 18.1 Å². The molecule has 4 heterocycles. The van der Waals surface area contributed by atoms with Gasteiger partial charge in [-0.05, 0) is 51.2 Å². The van der Waals surface area contributed by atoms with Gasteiger partial charge in [0.15, 0.2) is 5.82 Å². The van der Waals surface area contributed by atoms with Gasteiger partial charge >= 0.3 is 0 Å². The molecule has 1 aromatic carbocycles. The number of ether oxygens (including phenoxy) is 1. The molecule has 5 rings (SSSR count). The Morgan fingerprint density at radius 1 is 0.951 bits per heavy atom. The Labute approximate surface area is 246 Å². The lowest BCUT2D eigenvalue weighted by atomic mass is 10.0. The van der Waals surface area contributed by atoms with Crippen LogP contribution in [0.25, 0.3) is 0 Å². The number of nitrogens with zero attached hydrogens (tertiary/aromatic N) is 6. The first kappa shape index (κ1) is 29.3. The highest BCUT2D eigenvalue weighted by atomic mass is 35.5. The third-order valence-corrected chi connectivity index (χ3v) is 9.32. The van der Waals surface area contributed by atoms with Crippen molar-refractivity contribution in [1.29, 1.82) is 0 Å². The Morgan fingerprint density at radius 2 is 1.68 bits per heavy atom. The van der Waals surface area contributed by atoms with Crippen LogP contribution in [0, 0.1) is 0 Å². The average Bonchev–Trinajstić information content (AvgIpc) is 3.00. The van der Waals surface area contributed by atoms with Crippen molar-refractivity contribution in [3.63, 3.8) is 0 Å². The zero-order valence-electron chi connectivity index (χ0n) is 23.5. The van der Waals surface area contributed by atoms with E-state index in [-0.39, 0.29) is 21.7 Å². The van der Waals surface area contributed by atoms with Gasteiger partial charge in [0.1, 0.15) is 21.4 Å². The number of aromatic nitrogens is 3. The molecule has 0 amide bonds. The van der Waals surface area contributed by atoms with E-state index in [1.54, 1.807) is 25.3 Å². The molecule has 12 nitrogen and oxygen atoms in total. The van der Waals surface area contributed by atoms with Gasteiger partial charge in [0, 0.05) is 45.3 Å². The van der Waals surface area contributed by atoms with E-state index in [9.17, 15) is 8.42 Å². The lowest BCUT2D eigenvalue weighted by Gasteiger charge is -2.42. The van der Waals surface area contributed by atoms with Crippen LogP contribution < -0.4 is 25.0 Å². The molecule has 2 saturated heterocycles. The standard InChI is InChI=1S/C27H36ClN9O3S/c1-29-41(38,39)23-7-5-4-6-21(23)31-25-20(28)18-30-27(34-25)32-22-8-9-24(33-26(22)40-3)37-12-10-19(11-13-37)36-16-14-35(2)15-17-36/h4-9,18-19,29H,10-17H2,1-3H3,(H2,30,31,32,34). The van der Waals surface area contributed by atoms with Gasteiger partial charge in [-0.1, -0.05) is 23.7 Å². The summed E-state index contributed by atoms with van der Waals surface area (Å²) in [4.78, 5) is 20.9. The number of nitrogens with one attached hydrogen (secondary N) is 3. The smallest absolute Gasteiger partial charge is 0.242 e. The summed E-state index contributed by atoms with van der Waals surface area (Å²) < 4.78 is 32.9. The third-order valence-electron chi connectivity index (χ3n) is 7.57. The van der Waals surface area contributed by atoms with Crippen LogP contribution in [0.2, 0.25) is 5.02 Å². The Kier molecular flexibility index (Phi) is 9.09. The van der Waals surface area contributed by atoms with Gasteiger partial charge in [-0.15, -0.1) is 0 Å². The van der Waals surface area contributed by atoms with Crippen molar-refractivity contribution in [3.05, 3.63) is 47.6 Å². The number of piperazine rings is 1. The number of halogens is 1. The first-order valence-corrected chi connectivity index (χ1v) is 15.4. The molecule has 3 N–H and O–H groups in total. The summed E-state index contributed by atoms with van der Waals surface area (Å²) in [6, 6.07) is 11.0. The van der Waals surface area contributed by atoms with Gasteiger partial charge in [-0.2, -0.15) is 9.97 Å². The molecule has 0 saturated carbocycles. The number of likely N-dealkylation sites (N-methyl/N-ethyl adjacent to an activating group) is 1. The Morgan fingerprint density at radius 3 is 2.39 bits per heavy atom. The lowest BCUT2D eigenvalue weighted by molar-refractivity contribution is 0.0981. The summed E-state index contributed by atoms with van der Waals surface area (Å²) in [6.45, 7) is 6.43. The number of para-hydroxylation sites is 1. The highest BCUT2D eigenvalue weighted by Crippen LogP contribution is 2.32. The molecule has 220 valence electrons. The topological polar surface area (TPSA) is 128 Å². The maximum atomic E-state index is 12.5. The van der Waals surface area contributed by atoms with Crippen molar-refractivity contribution < 1.29 is 13.2 Å². The van der Waals surface area contributed by atoms with Crippen molar-refractivity contribution in [2.75, 3.05) is 76.0 Å². The number of methoxy groups -OCH3 is 1. The zero-order chi connectivity index (χ0) is 29.0. The second kappa shape index (κ2) is 12.7. The first-order chi connectivity index (χ1) is 19.8. The van der Waals surface area contributed by atoms with Crippen molar-refractivity contribution >= 4 is 50.6 Å². The molecule has 0 bridgehead atoms. The maximum absolute atomic E-state index is 12.5. The van der Waals surface area contributed by atoms with Crippen LogP contribution in [0.4, 0.5) is 29.0 Å². The number of piperidine rings is 1. The van der Waals surface area contributed by atoms with Gasteiger partial charge in [0.2, 0.25) is 21.9 Å². The van der Waals surface area contributed by atoms with E-state index in [1.807, 2.05) is 12.1 Å². The van der Waals surface area contributed by atoms with E-state index < -0.39 is 10.0 Å². The van der Waals surface area contributed by atoms with E-state index in [0.29, 0.717) is 23.3 Å². The van der Waals surface area contributed by atoms with E-state index in [1.165, 1.54) is 19.3 Å². The molecule has 3 aromatic rings. The molecule has 2 fully saturated rings. The summed E-state index contributed by atoms with van der Waals surface area (Å²) >= 11 is 6.35. The van der Waals surface area contributed by atoms with Gasteiger partial charge in [0.25, 0.3) is 0 Å². The number of sulfonamides is 1. The fourth-order valence-electron chi connectivity index (χ4n) is 5.18. The summed E-state index contributed by atoms with van der Waals surface area (Å²) in [6.07, 6.45) is 3.66. The minimum atomic E-state index is -3.70. The maximum Gasteiger partial charge on any atom is 0.242 e. The molecule has 0 aliphatic carbocycles. The van der Waals surface area contributed by atoms with Crippen LogP contribution >= 0.6 is 11.6 Å². The zero-order valence-corrected chi connectivity index (χ0v) is 25.0. The van der Waals surface area contributed by atoms with Crippen LogP contribution in [0.15, 0.2) is 47.5 Å². The van der Waals surface area contributed by atoms with Crippen LogP contribution in [-0.2, 0) is 10.0 Å². The second-order valence-electron chi connectivity index (χ2n) is 10.1. The van der Waals surface area contributed by atoms with Crippen LogP contribution in [-0.4, -0.2) is 99.7 Å². The molecule has 0 atom stereocenters. The predicted molar refractivity (Wildman–Crippen MR) is 161 cm³/mol. The van der Waals surface area contributed by atoms with Crippen molar-refractivity contribution in [3.8, 4) is 5.88 Å². The van der Waals surface area contributed by atoms with E-state index in [2.05, 4.69) is 47.1 Å². The molecule has 2 aliphatic rings. The molecule has 2 aliphatic heterocycles. The SMILES string of the molecule is CNS(=O)(=O)c1ccccc1Nc1nc(Nc2ccc(N3CCC(N4CCN(C)CC4)CC3)nc2OC)ncc1Cl. The van der Waals surface area contributed by atoms with Crippen LogP contribution in [0.3, 0.4) is 0 Å². The normalized spacial score (nSPS) is 17.4. The van der Waals surface area contributed by atoms with Crippen molar-refractivity contribution in [2.24, 2.45) is 0 Å². The van der Waals surface area contributed by atoms with Crippen LogP contribution in [0.5, 0.6) is 5.88 Å². The summed E-state index contributed by atoms with van der Waals surface area (Å²) in [7, 11) is 1.42. The van der Waals surface area contributed by atoms with E-state index in [0.717, 1.165) is 57.9 Å². The molecule has 2 aromatic heterocycles. The quantitative estimate of drug-likeness (QED) is 0.335. The number of pyridine rings is 1. The Hall–Kier alpha value is -3.23. The molecular formula is C27H36ClN9O3S. The molecular weight excluding hydrogens is 566 g/mol. The summed E-state index contributed by atoms with van der Waals surface area (Å²) in [5.74, 6) is 1.77. The number of hydrogen-bond acceptors (Lipinski definition) is 11. The first-order valence-electron chi connectivity index (χ1n) is 13.6. The third kappa shape index (κ3) is 6.81. The second-order valence-corrected chi connectivity index (χ2v) is 12.4. The number of rotatable bonds is 9. The van der Waals surface area contributed by atoms with Gasteiger partial charge in [0.05, 0.1) is 19.0 Å². The number of hydrogen-bond donors (Lipinski definition) is 3. The highest BCUT2D eigenvalue weighted by Gasteiger charge is 2.27. The molecule has 14 heteroatoms. The molecule has 41 heavy (non-hydrogen) atoms. The minimum absolute atomic E-state index is 0.0701. The number of benzene rings is 1. The van der Waals surface area contributed by atoms with Crippen LogP contribution in [0.1, 0.15) is 12.8 Å². The lowest BCUT2D eigenvalue weighted by Crippen LogP contribution is -2.52. The summed E-state index contributed by atoms with van der Waals surface area (Å²) in [5.41, 5.74) is 0.920. The fourth-order valence-corrected chi connectivity index (χ4v) is 6.21. The Bertz CT molecular complexity index is 1460. The Balaban J connectivity index is 1.28. The highest BCUT2D eigenvalue weighted by molar-refractivity contribution is 7.89. The monoisotopic (exact) mass is 601 g/mol. The molecule has 0 radical (unpaired) electrons. The molecule has 0 unspecified atom stereocenters.